The van der Waals surface area contributed by atoms with Crippen molar-refractivity contribution in [3.8, 4) is 0 Å². The van der Waals surface area contributed by atoms with Crippen molar-refractivity contribution in [2.75, 3.05) is 0 Å². The predicted molar refractivity (Wildman–Crippen MR) is 83.6 cm³/mol. The van der Waals surface area contributed by atoms with Gasteiger partial charge in [0.05, 0.1) is 4.90 Å². The third-order valence-corrected chi connectivity index (χ3v) is 5.68. The lowest BCUT2D eigenvalue weighted by atomic mass is 9.88. The molecule has 1 atom stereocenters. The number of rotatable bonds is 3. The minimum atomic E-state index is -3.48. The van der Waals surface area contributed by atoms with E-state index in [0.717, 1.165) is 30.4 Å². The Morgan fingerprint density at radius 3 is 2.57 bits per heavy atom. The molecule has 1 aliphatic carbocycles. The van der Waals surface area contributed by atoms with Crippen molar-refractivity contribution in [2.24, 2.45) is 0 Å². The zero-order valence-electron chi connectivity index (χ0n) is 12.0. The summed E-state index contributed by atoms with van der Waals surface area (Å²) in [5.74, 6) is 0. The molecule has 1 aliphatic rings. The summed E-state index contributed by atoms with van der Waals surface area (Å²) < 4.78 is 28.1. The molecule has 0 aromatic heterocycles. The fourth-order valence-corrected chi connectivity index (χ4v) is 4.48. The van der Waals surface area contributed by atoms with Gasteiger partial charge in [-0.05, 0) is 48.9 Å². The van der Waals surface area contributed by atoms with E-state index in [1.807, 2.05) is 37.3 Å². The molecule has 0 amide bonds. The lowest BCUT2D eigenvalue weighted by Crippen LogP contribution is -2.31. The molecule has 0 spiro atoms. The Labute approximate surface area is 126 Å². The van der Waals surface area contributed by atoms with Crippen molar-refractivity contribution in [3.63, 3.8) is 0 Å². The van der Waals surface area contributed by atoms with Crippen molar-refractivity contribution in [3.05, 3.63) is 65.2 Å². The van der Waals surface area contributed by atoms with E-state index in [0.29, 0.717) is 4.90 Å². The Hall–Kier alpha value is -1.65. The number of benzene rings is 2. The van der Waals surface area contributed by atoms with Gasteiger partial charge in [-0.1, -0.05) is 42.5 Å². The maximum atomic E-state index is 12.6. The van der Waals surface area contributed by atoms with Gasteiger partial charge in [0.1, 0.15) is 0 Å². The fraction of sp³-hybridized carbons (Fsp3) is 0.294. The SMILES string of the molecule is Cc1ccccc1S(=O)(=O)NC1CCCc2ccccc21. The monoisotopic (exact) mass is 301 g/mol. The average molecular weight is 301 g/mol. The van der Waals surface area contributed by atoms with Crippen LogP contribution in [0.1, 0.15) is 35.6 Å². The quantitative estimate of drug-likeness (QED) is 0.945. The number of fused-ring (bicyclic) bond motifs is 1. The molecule has 0 bridgehead atoms. The summed E-state index contributed by atoms with van der Waals surface area (Å²) >= 11 is 0. The molecule has 3 nitrogen and oxygen atoms in total. The second-order valence-corrected chi connectivity index (χ2v) is 7.21. The van der Waals surface area contributed by atoms with Gasteiger partial charge in [0.2, 0.25) is 10.0 Å². The first-order valence-electron chi connectivity index (χ1n) is 7.24. The summed E-state index contributed by atoms with van der Waals surface area (Å²) in [5.41, 5.74) is 3.14. The van der Waals surface area contributed by atoms with E-state index in [1.165, 1.54) is 5.56 Å². The van der Waals surface area contributed by atoms with Gasteiger partial charge >= 0.3 is 0 Å². The van der Waals surface area contributed by atoms with Crippen molar-refractivity contribution in [2.45, 2.75) is 37.1 Å². The smallest absolute Gasteiger partial charge is 0.207 e. The summed E-state index contributed by atoms with van der Waals surface area (Å²) in [5, 5.41) is 0. The first kappa shape index (κ1) is 14.3. The summed E-state index contributed by atoms with van der Waals surface area (Å²) in [7, 11) is -3.48. The van der Waals surface area contributed by atoms with Gasteiger partial charge in [-0.15, -0.1) is 0 Å². The van der Waals surface area contributed by atoms with Gasteiger partial charge in [-0.25, -0.2) is 13.1 Å². The van der Waals surface area contributed by atoms with Crippen LogP contribution in [0.3, 0.4) is 0 Å². The first-order chi connectivity index (χ1) is 10.1. The molecule has 2 aromatic carbocycles. The van der Waals surface area contributed by atoms with E-state index in [9.17, 15) is 8.42 Å². The van der Waals surface area contributed by atoms with Crippen LogP contribution < -0.4 is 4.72 Å². The van der Waals surface area contributed by atoms with Crippen LogP contribution in [0, 0.1) is 6.92 Å². The van der Waals surface area contributed by atoms with Crippen LogP contribution in [-0.4, -0.2) is 8.42 Å². The number of nitrogens with one attached hydrogen (secondary N) is 1. The average Bonchev–Trinajstić information content (AvgIpc) is 2.47. The third-order valence-electron chi connectivity index (χ3n) is 4.05. The highest BCUT2D eigenvalue weighted by atomic mass is 32.2. The summed E-state index contributed by atoms with van der Waals surface area (Å²) in [6.45, 7) is 1.82. The van der Waals surface area contributed by atoms with E-state index in [4.69, 9.17) is 0 Å². The van der Waals surface area contributed by atoms with E-state index in [1.54, 1.807) is 12.1 Å². The highest BCUT2D eigenvalue weighted by Gasteiger charge is 2.26. The minimum Gasteiger partial charge on any atom is -0.207 e. The molecule has 0 fully saturated rings. The van der Waals surface area contributed by atoms with E-state index in [2.05, 4.69) is 10.8 Å². The van der Waals surface area contributed by atoms with E-state index in [-0.39, 0.29) is 6.04 Å². The minimum absolute atomic E-state index is 0.125. The lowest BCUT2D eigenvalue weighted by Gasteiger charge is -2.26. The topological polar surface area (TPSA) is 46.2 Å². The Morgan fingerprint density at radius 2 is 1.76 bits per heavy atom. The Kier molecular flexibility index (Phi) is 3.83. The maximum Gasteiger partial charge on any atom is 0.241 e. The zero-order valence-corrected chi connectivity index (χ0v) is 12.9. The normalized spacial score (nSPS) is 18.2. The van der Waals surface area contributed by atoms with Crippen molar-refractivity contribution >= 4 is 10.0 Å². The molecular weight excluding hydrogens is 282 g/mol. The molecule has 4 heteroatoms. The van der Waals surface area contributed by atoms with Crippen molar-refractivity contribution in [1.29, 1.82) is 0 Å². The fourth-order valence-electron chi connectivity index (χ4n) is 2.99. The van der Waals surface area contributed by atoms with Crippen LogP contribution in [0.15, 0.2) is 53.4 Å². The van der Waals surface area contributed by atoms with E-state index >= 15 is 0 Å². The molecule has 0 aliphatic heterocycles. The molecule has 1 N–H and O–H groups in total. The van der Waals surface area contributed by atoms with Crippen LogP contribution in [-0.2, 0) is 16.4 Å². The van der Waals surface area contributed by atoms with Crippen LogP contribution >= 0.6 is 0 Å². The van der Waals surface area contributed by atoms with Gasteiger partial charge in [-0.3, -0.25) is 0 Å². The largest absolute Gasteiger partial charge is 0.241 e. The molecule has 21 heavy (non-hydrogen) atoms. The molecule has 0 saturated heterocycles. The second-order valence-electron chi connectivity index (χ2n) is 5.53. The summed E-state index contributed by atoms with van der Waals surface area (Å²) in [4.78, 5) is 0.369. The molecule has 0 saturated carbocycles. The first-order valence-corrected chi connectivity index (χ1v) is 8.72. The van der Waals surface area contributed by atoms with Gasteiger partial charge in [0.15, 0.2) is 0 Å². The highest BCUT2D eigenvalue weighted by molar-refractivity contribution is 7.89. The Morgan fingerprint density at radius 1 is 1.05 bits per heavy atom. The van der Waals surface area contributed by atoms with E-state index < -0.39 is 10.0 Å². The molecular formula is C17H19NO2S. The molecule has 110 valence electrons. The van der Waals surface area contributed by atoms with Crippen molar-refractivity contribution in [1.82, 2.24) is 4.72 Å². The standard InChI is InChI=1S/C17H19NO2S/c1-13-7-2-5-12-17(13)21(19,20)18-16-11-6-9-14-8-3-4-10-15(14)16/h2-5,7-8,10,12,16,18H,6,9,11H2,1H3. The number of sulfonamides is 1. The lowest BCUT2D eigenvalue weighted by molar-refractivity contribution is 0.507. The molecule has 0 radical (unpaired) electrons. The summed E-state index contributed by atoms with van der Waals surface area (Å²) in [6.07, 6.45) is 2.89. The van der Waals surface area contributed by atoms with Crippen LogP contribution in [0.25, 0.3) is 0 Å². The molecule has 0 heterocycles. The summed E-state index contributed by atoms with van der Waals surface area (Å²) in [6, 6.07) is 15.1. The Balaban J connectivity index is 1.93. The van der Waals surface area contributed by atoms with Crippen LogP contribution in [0.5, 0.6) is 0 Å². The second kappa shape index (κ2) is 5.62. The van der Waals surface area contributed by atoms with Crippen LogP contribution in [0.4, 0.5) is 0 Å². The van der Waals surface area contributed by atoms with Gasteiger partial charge in [0.25, 0.3) is 0 Å². The van der Waals surface area contributed by atoms with Gasteiger partial charge in [0, 0.05) is 6.04 Å². The van der Waals surface area contributed by atoms with Crippen molar-refractivity contribution < 1.29 is 8.42 Å². The van der Waals surface area contributed by atoms with Gasteiger partial charge in [-0.2, -0.15) is 0 Å². The highest BCUT2D eigenvalue weighted by Crippen LogP contribution is 2.31. The maximum absolute atomic E-state index is 12.6. The van der Waals surface area contributed by atoms with Gasteiger partial charge < -0.3 is 0 Å². The number of hydrogen-bond acceptors (Lipinski definition) is 2. The Bertz CT molecular complexity index is 753. The molecule has 2 aromatic rings. The number of aryl methyl sites for hydroxylation is 2. The van der Waals surface area contributed by atoms with Crippen LogP contribution in [0.2, 0.25) is 0 Å². The zero-order chi connectivity index (χ0) is 14.9. The third kappa shape index (κ3) is 2.87. The predicted octanol–water partition coefficient (Wildman–Crippen LogP) is 3.35. The molecule has 3 rings (SSSR count). The molecule has 1 unspecified atom stereocenters. The number of hydrogen-bond donors (Lipinski definition) is 1.